The van der Waals surface area contributed by atoms with E-state index in [0.717, 1.165) is 68.5 Å². The molecule has 1 atom stereocenters. The molecule has 6 heteroatoms. The number of nitrogens with zero attached hydrogens (tertiary/aromatic N) is 3. The number of likely N-dealkylation sites (tertiary alicyclic amines) is 1. The molecule has 1 aromatic heterocycles. The lowest BCUT2D eigenvalue weighted by molar-refractivity contribution is 0.0296. The molecule has 2 fully saturated rings. The van der Waals surface area contributed by atoms with Crippen LogP contribution in [0.1, 0.15) is 40.4 Å². The van der Waals surface area contributed by atoms with E-state index in [4.69, 9.17) is 4.74 Å². The second-order valence-corrected chi connectivity index (χ2v) is 7.37. The number of carbonyl (C=O) groups is 1. The number of hydrogen-bond donors (Lipinski definition) is 0. The van der Waals surface area contributed by atoms with E-state index in [1.54, 1.807) is 6.20 Å². The maximum Gasteiger partial charge on any atom is 0.265 e. The molecule has 0 radical (unpaired) electrons. The van der Waals surface area contributed by atoms with Gasteiger partial charge < -0.3 is 9.64 Å². The van der Waals surface area contributed by atoms with Crippen molar-refractivity contribution in [3.63, 3.8) is 0 Å². The first-order valence-electron chi connectivity index (χ1n) is 8.27. The van der Waals surface area contributed by atoms with Gasteiger partial charge in [0.05, 0.1) is 24.4 Å². The molecule has 122 valence electrons. The van der Waals surface area contributed by atoms with Gasteiger partial charge in [0.1, 0.15) is 4.88 Å². The van der Waals surface area contributed by atoms with Crippen molar-refractivity contribution >= 4 is 17.2 Å². The summed E-state index contributed by atoms with van der Waals surface area (Å²) in [7, 11) is 0. The Hall–Kier alpha value is -0.980. The highest BCUT2D eigenvalue weighted by Crippen LogP contribution is 2.24. The predicted molar refractivity (Wildman–Crippen MR) is 87.4 cm³/mol. The second-order valence-electron chi connectivity index (χ2n) is 6.13. The first-order chi connectivity index (χ1) is 10.7. The fourth-order valence-corrected chi connectivity index (χ4v) is 4.06. The lowest BCUT2D eigenvalue weighted by Gasteiger charge is -2.37. The van der Waals surface area contributed by atoms with Gasteiger partial charge in [-0.05, 0) is 32.6 Å². The van der Waals surface area contributed by atoms with Crippen LogP contribution in [0.25, 0.3) is 0 Å². The summed E-state index contributed by atoms with van der Waals surface area (Å²) in [5, 5.41) is 0.963. The summed E-state index contributed by atoms with van der Waals surface area (Å²) < 4.78 is 5.40. The fourth-order valence-electron chi connectivity index (χ4n) is 3.33. The van der Waals surface area contributed by atoms with Crippen LogP contribution in [-0.4, -0.2) is 66.1 Å². The van der Waals surface area contributed by atoms with Crippen LogP contribution in [-0.2, 0) is 4.74 Å². The molecule has 0 bridgehead atoms. The molecule has 0 aliphatic carbocycles. The fraction of sp³-hybridized carbons (Fsp3) is 0.750. The molecular weight excluding hydrogens is 298 g/mol. The van der Waals surface area contributed by atoms with Crippen LogP contribution in [0.5, 0.6) is 0 Å². The van der Waals surface area contributed by atoms with Crippen LogP contribution in [0.2, 0.25) is 0 Å². The number of ether oxygens (including phenoxy) is 1. The summed E-state index contributed by atoms with van der Waals surface area (Å²) in [5.41, 5.74) is 0. The summed E-state index contributed by atoms with van der Waals surface area (Å²) in [6.07, 6.45) is 6.30. The summed E-state index contributed by atoms with van der Waals surface area (Å²) >= 11 is 1.51. The molecule has 0 spiro atoms. The summed E-state index contributed by atoms with van der Waals surface area (Å²) in [5.74, 6) is 0.178. The van der Waals surface area contributed by atoms with Gasteiger partial charge in [0.15, 0.2) is 0 Å². The van der Waals surface area contributed by atoms with Crippen LogP contribution in [0.3, 0.4) is 0 Å². The Morgan fingerprint density at radius 2 is 2.18 bits per heavy atom. The average molecular weight is 323 g/mol. The predicted octanol–water partition coefficient (Wildman–Crippen LogP) is 2.17. The normalized spacial score (nSPS) is 23.7. The van der Waals surface area contributed by atoms with Gasteiger partial charge >= 0.3 is 0 Å². The van der Waals surface area contributed by atoms with E-state index in [1.807, 2.05) is 6.92 Å². The van der Waals surface area contributed by atoms with E-state index in [-0.39, 0.29) is 5.91 Å². The van der Waals surface area contributed by atoms with Gasteiger partial charge in [-0.25, -0.2) is 4.98 Å². The van der Waals surface area contributed by atoms with Crippen molar-refractivity contribution < 1.29 is 9.53 Å². The molecule has 3 heterocycles. The van der Waals surface area contributed by atoms with Crippen molar-refractivity contribution in [1.82, 2.24) is 14.8 Å². The SMILES string of the molecule is Cc1ncc(C(=O)N2CCCC[C@H]2CCN2CCOCC2)s1. The maximum absolute atomic E-state index is 12.7. The Kier molecular flexibility index (Phi) is 5.44. The zero-order valence-electron chi connectivity index (χ0n) is 13.3. The number of piperidine rings is 1. The molecule has 2 aliphatic heterocycles. The van der Waals surface area contributed by atoms with E-state index in [0.29, 0.717) is 6.04 Å². The van der Waals surface area contributed by atoms with Gasteiger partial charge in [-0.1, -0.05) is 0 Å². The number of aromatic nitrogens is 1. The van der Waals surface area contributed by atoms with E-state index in [1.165, 1.54) is 17.8 Å². The minimum atomic E-state index is 0.178. The van der Waals surface area contributed by atoms with E-state index >= 15 is 0 Å². The highest BCUT2D eigenvalue weighted by molar-refractivity contribution is 7.13. The lowest BCUT2D eigenvalue weighted by Crippen LogP contribution is -2.46. The van der Waals surface area contributed by atoms with E-state index in [2.05, 4.69) is 14.8 Å². The molecule has 5 nitrogen and oxygen atoms in total. The first kappa shape index (κ1) is 15.9. The Balaban J connectivity index is 1.59. The largest absolute Gasteiger partial charge is 0.379 e. The van der Waals surface area contributed by atoms with Crippen LogP contribution < -0.4 is 0 Å². The minimum Gasteiger partial charge on any atom is -0.379 e. The van der Waals surface area contributed by atoms with Crippen molar-refractivity contribution in [2.75, 3.05) is 39.4 Å². The molecule has 0 saturated carbocycles. The topological polar surface area (TPSA) is 45.7 Å². The van der Waals surface area contributed by atoms with E-state index in [9.17, 15) is 4.79 Å². The Morgan fingerprint density at radius 3 is 2.91 bits per heavy atom. The van der Waals surface area contributed by atoms with Crippen molar-refractivity contribution in [2.45, 2.75) is 38.6 Å². The molecule has 0 aromatic carbocycles. The van der Waals surface area contributed by atoms with Crippen LogP contribution in [0, 0.1) is 6.92 Å². The monoisotopic (exact) mass is 323 g/mol. The van der Waals surface area contributed by atoms with Crippen LogP contribution >= 0.6 is 11.3 Å². The van der Waals surface area contributed by atoms with Gasteiger partial charge in [-0.3, -0.25) is 9.69 Å². The van der Waals surface area contributed by atoms with Crippen molar-refractivity contribution in [3.05, 3.63) is 16.1 Å². The van der Waals surface area contributed by atoms with Crippen molar-refractivity contribution in [1.29, 1.82) is 0 Å². The lowest BCUT2D eigenvalue weighted by atomic mass is 9.98. The molecule has 2 aliphatic rings. The molecule has 0 N–H and O–H groups in total. The molecule has 2 saturated heterocycles. The highest BCUT2D eigenvalue weighted by Gasteiger charge is 2.28. The smallest absolute Gasteiger partial charge is 0.265 e. The number of carbonyl (C=O) groups excluding carboxylic acids is 1. The minimum absolute atomic E-state index is 0.178. The molecule has 1 amide bonds. The quantitative estimate of drug-likeness (QED) is 0.852. The summed E-state index contributed by atoms with van der Waals surface area (Å²) in [6.45, 7) is 7.64. The standard InChI is InChI=1S/C16H25N3O2S/c1-13-17-12-15(22-13)16(20)19-6-3-2-4-14(19)5-7-18-8-10-21-11-9-18/h12,14H,2-11H2,1H3/t14-/m0/s1. The number of rotatable bonds is 4. The van der Waals surface area contributed by atoms with Crippen molar-refractivity contribution in [3.8, 4) is 0 Å². The average Bonchev–Trinajstić information content (AvgIpc) is 3.00. The van der Waals surface area contributed by atoms with Gasteiger partial charge in [0.2, 0.25) is 0 Å². The number of morpholine rings is 1. The third-order valence-corrected chi connectivity index (χ3v) is 5.50. The first-order valence-corrected chi connectivity index (χ1v) is 9.09. The molecule has 0 unspecified atom stereocenters. The van der Waals surface area contributed by atoms with Gasteiger partial charge in [-0.2, -0.15) is 0 Å². The number of aryl methyl sites for hydroxylation is 1. The number of hydrogen-bond acceptors (Lipinski definition) is 5. The Morgan fingerprint density at radius 1 is 1.36 bits per heavy atom. The zero-order valence-corrected chi connectivity index (χ0v) is 14.1. The third kappa shape index (κ3) is 3.86. The second kappa shape index (κ2) is 7.53. The highest BCUT2D eigenvalue weighted by atomic mass is 32.1. The Labute approximate surface area is 136 Å². The number of thiazole rings is 1. The molecule has 22 heavy (non-hydrogen) atoms. The molecule has 1 aromatic rings. The third-order valence-electron chi connectivity index (χ3n) is 4.60. The van der Waals surface area contributed by atoms with Crippen molar-refractivity contribution in [2.24, 2.45) is 0 Å². The van der Waals surface area contributed by atoms with Crippen LogP contribution in [0.4, 0.5) is 0 Å². The van der Waals surface area contributed by atoms with Crippen LogP contribution in [0.15, 0.2) is 6.20 Å². The number of amides is 1. The van der Waals surface area contributed by atoms with E-state index < -0.39 is 0 Å². The zero-order chi connectivity index (χ0) is 15.4. The summed E-state index contributed by atoms with van der Waals surface area (Å²) in [6, 6.07) is 0.381. The van der Waals surface area contributed by atoms with Gasteiger partial charge in [0, 0.05) is 32.2 Å². The summed E-state index contributed by atoms with van der Waals surface area (Å²) in [4.78, 5) is 22.3. The maximum atomic E-state index is 12.7. The molecular formula is C16H25N3O2S. The van der Waals surface area contributed by atoms with Gasteiger partial charge in [-0.15, -0.1) is 11.3 Å². The van der Waals surface area contributed by atoms with Gasteiger partial charge in [0.25, 0.3) is 5.91 Å². The Bertz CT molecular complexity index is 499. The molecule has 3 rings (SSSR count).